The first-order chi connectivity index (χ1) is 12.1. The Morgan fingerprint density at radius 1 is 1.16 bits per heavy atom. The van der Waals surface area contributed by atoms with Crippen LogP contribution in [0, 0.1) is 6.92 Å². The molecule has 25 heavy (non-hydrogen) atoms. The second-order valence-corrected chi connectivity index (χ2v) is 6.48. The van der Waals surface area contributed by atoms with E-state index in [1.165, 1.54) is 0 Å². The highest BCUT2D eigenvalue weighted by molar-refractivity contribution is 5.84. The van der Waals surface area contributed by atoms with Crippen molar-refractivity contribution < 1.29 is 9.53 Å². The first kappa shape index (κ1) is 17.6. The van der Waals surface area contributed by atoms with E-state index in [0.29, 0.717) is 19.7 Å². The fourth-order valence-corrected chi connectivity index (χ4v) is 3.34. The fraction of sp³-hybridized carbons (Fsp3) is 0.474. The zero-order valence-electron chi connectivity index (χ0n) is 14.9. The maximum Gasteiger partial charge on any atom is 0.251 e. The largest absolute Gasteiger partial charge is 0.383 e. The van der Waals surface area contributed by atoms with Crippen LogP contribution >= 0.6 is 0 Å². The van der Waals surface area contributed by atoms with Gasteiger partial charge >= 0.3 is 0 Å². The molecule has 0 N–H and O–H groups in total. The molecule has 0 spiro atoms. The SMILES string of the molecule is COCCN1CCN(C(=O)Cn2c(=O)cc(C)c3ccccc32)CC1. The molecule has 0 saturated carbocycles. The van der Waals surface area contributed by atoms with Crippen LogP contribution in [-0.4, -0.2) is 66.7 Å². The Balaban J connectivity index is 1.72. The first-order valence-electron chi connectivity index (χ1n) is 8.68. The summed E-state index contributed by atoms with van der Waals surface area (Å²) >= 11 is 0. The second-order valence-electron chi connectivity index (χ2n) is 6.48. The van der Waals surface area contributed by atoms with E-state index in [-0.39, 0.29) is 18.0 Å². The summed E-state index contributed by atoms with van der Waals surface area (Å²) in [6.07, 6.45) is 0. The summed E-state index contributed by atoms with van der Waals surface area (Å²) in [5, 5.41) is 1.01. The van der Waals surface area contributed by atoms with Crippen molar-refractivity contribution >= 4 is 16.8 Å². The molecule has 0 aliphatic carbocycles. The monoisotopic (exact) mass is 343 g/mol. The summed E-state index contributed by atoms with van der Waals surface area (Å²) < 4.78 is 6.69. The van der Waals surface area contributed by atoms with E-state index < -0.39 is 0 Å². The molecule has 1 fully saturated rings. The van der Waals surface area contributed by atoms with E-state index >= 15 is 0 Å². The minimum absolute atomic E-state index is 0.00231. The number of rotatable bonds is 5. The number of para-hydroxylation sites is 1. The summed E-state index contributed by atoms with van der Waals surface area (Å²) in [5.74, 6) is 0.00231. The number of hydrogen-bond acceptors (Lipinski definition) is 4. The number of methoxy groups -OCH3 is 1. The molecule has 2 heterocycles. The summed E-state index contributed by atoms with van der Waals surface area (Å²) in [7, 11) is 1.70. The zero-order chi connectivity index (χ0) is 17.8. The van der Waals surface area contributed by atoms with Gasteiger partial charge in [0.15, 0.2) is 0 Å². The Bertz CT molecular complexity index is 807. The number of carbonyl (C=O) groups excluding carboxylic acids is 1. The average molecular weight is 343 g/mol. The van der Waals surface area contributed by atoms with Gasteiger partial charge in [0.05, 0.1) is 12.1 Å². The molecule has 0 radical (unpaired) electrons. The van der Waals surface area contributed by atoms with Crippen LogP contribution in [0.1, 0.15) is 5.56 Å². The lowest BCUT2D eigenvalue weighted by molar-refractivity contribution is -0.133. The molecule has 2 aromatic rings. The molecule has 0 bridgehead atoms. The van der Waals surface area contributed by atoms with Crippen LogP contribution in [-0.2, 0) is 16.1 Å². The van der Waals surface area contributed by atoms with Crippen molar-refractivity contribution in [1.82, 2.24) is 14.4 Å². The Morgan fingerprint density at radius 3 is 2.60 bits per heavy atom. The molecule has 1 amide bonds. The van der Waals surface area contributed by atoms with Crippen molar-refractivity contribution in [3.05, 3.63) is 46.2 Å². The molecular formula is C19H25N3O3. The number of benzene rings is 1. The molecule has 1 aromatic heterocycles. The maximum absolute atomic E-state index is 12.7. The van der Waals surface area contributed by atoms with Crippen molar-refractivity contribution in [2.45, 2.75) is 13.5 Å². The van der Waals surface area contributed by atoms with Gasteiger partial charge in [-0.2, -0.15) is 0 Å². The normalized spacial score (nSPS) is 15.7. The van der Waals surface area contributed by atoms with Crippen molar-refractivity contribution in [2.75, 3.05) is 46.4 Å². The smallest absolute Gasteiger partial charge is 0.251 e. The number of amides is 1. The lowest BCUT2D eigenvalue weighted by atomic mass is 10.1. The number of carbonyl (C=O) groups is 1. The number of aryl methyl sites for hydroxylation is 1. The molecular weight excluding hydrogens is 318 g/mol. The number of ether oxygens (including phenoxy) is 1. The fourth-order valence-electron chi connectivity index (χ4n) is 3.34. The van der Waals surface area contributed by atoms with E-state index in [2.05, 4.69) is 4.90 Å². The number of piperazine rings is 1. The first-order valence-corrected chi connectivity index (χ1v) is 8.68. The van der Waals surface area contributed by atoms with Gasteiger partial charge in [-0.15, -0.1) is 0 Å². The van der Waals surface area contributed by atoms with Crippen LogP contribution in [0.15, 0.2) is 35.1 Å². The Morgan fingerprint density at radius 2 is 1.88 bits per heavy atom. The molecule has 6 nitrogen and oxygen atoms in total. The zero-order valence-corrected chi connectivity index (χ0v) is 14.9. The van der Waals surface area contributed by atoms with Crippen LogP contribution in [0.2, 0.25) is 0 Å². The molecule has 0 atom stereocenters. The lowest BCUT2D eigenvalue weighted by Gasteiger charge is -2.34. The minimum Gasteiger partial charge on any atom is -0.383 e. The minimum atomic E-state index is -0.122. The van der Waals surface area contributed by atoms with E-state index in [4.69, 9.17) is 4.74 Å². The average Bonchev–Trinajstić information content (AvgIpc) is 2.63. The van der Waals surface area contributed by atoms with Crippen molar-refractivity contribution in [3.63, 3.8) is 0 Å². The number of pyridine rings is 1. The van der Waals surface area contributed by atoms with Crippen molar-refractivity contribution in [2.24, 2.45) is 0 Å². The molecule has 1 aliphatic rings. The highest BCUT2D eigenvalue weighted by atomic mass is 16.5. The predicted molar refractivity (Wildman–Crippen MR) is 97.8 cm³/mol. The highest BCUT2D eigenvalue weighted by Gasteiger charge is 2.21. The lowest BCUT2D eigenvalue weighted by Crippen LogP contribution is -2.50. The van der Waals surface area contributed by atoms with Gasteiger partial charge in [-0.3, -0.25) is 19.1 Å². The summed E-state index contributed by atoms with van der Waals surface area (Å²) in [4.78, 5) is 29.2. The molecule has 0 unspecified atom stereocenters. The van der Waals surface area contributed by atoms with E-state index in [1.54, 1.807) is 17.7 Å². The van der Waals surface area contributed by atoms with Crippen molar-refractivity contribution in [3.8, 4) is 0 Å². The number of aromatic nitrogens is 1. The summed E-state index contributed by atoms with van der Waals surface area (Å²) in [5.41, 5.74) is 1.64. The summed E-state index contributed by atoms with van der Waals surface area (Å²) in [6, 6.07) is 9.35. The molecule has 6 heteroatoms. The molecule has 1 saturated heterocycles. The van der Waals surface area contributed by atoms with E-state index in [0.717, 1.165) is 36.1 Å². The number of nitrogens with zero attached hydrogens (tertiary/aromatic N) is 3. The standard InChI is InChI=1S/C19H25N3O3/c1-15-13-18(23)22(17-6-4-3-5-16(15)17)14-19(24)21-9-7-20(8-10-21)11-12-25-2/h3-6,13H,7-12,14H2,1-2H3. The molecule has 134 valence electrons. The van der Waals surface area contributed by atoms with Gasteiger partial charge in [-0.05, 0) is 18.6 Å². The van der Waals surface area contributed by atoms with Gasteiger partial charge in [0.1, 0.15) is 6.54 Å². The topological polar surface area (TPSA) is 54.8 Å². The molecule has 1 aliphatic heterocycles. The van der Waals surface area contributed by atoms with Gasteiger partial charge in [-0.25, -0.2) is 0 Å². The quantitative estimate of drug-likeness (QED) is 0.816. The Kier molecular flexibility index (Phi) is 5.50. The van der Waals surface area contributed by atoms with Gasteiger partial charge in [0.2, 0.25) is 5.91 Å². The maximum atomic E-state index is 12.7. The number of fused-ring (bicyclic) bond motifs is 1. The molecule has 1 aromatic carbocycles. The van der Waals surface area contributed by atoms with Crippen LogP contribution in [0.5, 0.6) is 0 Å². The van der Waals surface area contributed by atoms with Crippen LogP contribution in [0.3, 0.4) is 0 Å². The predicted octanol–water partition coefficient (Wildman–Crippen LogP) is 1.10. The van der Waals surface area contributed by atoms with E-state index in [9.17, 15) is 9.59 Å². The third kappa shape index (κ3) is 3.91. The molecule has 3 rings (SSSR count). The van der Waals surface area contributed by atoms with Gasteiger partial charge in [0, 0.05) is 51.3 Å². The summed E-state index contributed by atoms with van der Waals surface area (Å²) in [6.45, 7) is 6.70. The highest BCUT2D eigenvalue weighted by Crippen LogP contribution is 2.16. The van der Waals surface area contributed by atoms with Gasteiger partial charge < -0.3 is 9.64 Å². The van der Waals surface area contributed by atoms with Crippen LogP contribution in [0.25, 0.3) is 10.9 Å². The van der Waals surface area contributed by atoms with Crippen molar-refractivity contribution in [1.29, 1.82) is 0 Å². The third-order valence-corrected chi connectivity index (χ3v) is 4.86. The second kappa shape index (κ2) is 7.80. The third-order valence-electron chi connectivity index (χ3n) is 4.86. The Hall–Kier alpha value is -2.18. The number of hydrogen-bond donors (Lipinski definition) is 0. The van der Waals surface area contributed by atoms with E-state index in [1.807, 2.05) is 36.1 Å². The van der Waals surface area contributed by atoms with Gasteiger partial charge in [-0.1, -0.05) is 18.2 Å². The Labute approximate surface area is 147 Å². The van der Waals surface area contributed by atoms with Crippen LogP contribution in [0.4, 0.5) is 0 Å². The van der Waals surface area contributed by atoms with Gasteiger partial charge in [0.25, 0.3) is 5.56 Å². The van der Waals surface area contributed by atoms with Crippen LogP contribution < -0.4 is 5.56 Å².